The standard InChI is InChI=1S/C16H22N4O6/c1-10-11(14(21)22)9-12(20(24)25)13(19-10)17-7-5-6-8-18-15(23)26-16(2,3)4/h5-6,9H,7-8H2,1-4H3,(H,17,19)(H,18,23)(H,21,22)/b6-5+. The summed E-state index contributed by atoms with van der Waals surface area (Å²) in [5.41, 5.74) is -1.06. The molecule has 142 valence electrons. The van der Waals surface area contributed by atoms with Crippen LogP contribution in [0.1, 0.15) is 36.8 Å². The molecule has 0 radical (unpaired) electrons. The van der Waals surface area contributed by atoms with Crippen molar-refractivity contribution in [1.29, 1.82) is 0 Å². The Morgan fingerprint density at radius 1 is 1.35 bits per heavy atom. The second kappa shape index (κ2) is 8.79. The van der Waals surface area contributed by atoms with Crippen LogP contribution < -0.4 is 10.6 Å². The second-order valence-electron chi connectivity index (χ2n) is 6.29. The summed E-state index contributed by atoms with van der Waals surface area (Å²) in [5, 5.41) is 25.4. The van der Waals surface area contributed by atoms with Crippen molar-refractivity contribution in [3.8, 4) is 0 Å². The second-order valence-corrected chi connectivity index (χ2v) is 6.29. The number of nitrogens with one attached hydrogen (secondary N) is 2. The highest BCUT2D eigenvalue weighted by molar-refractivity contribution is 5.90. The maximum Gasteiger partial charge on any atom is 0.407 e. The van der Waals surface area contributed by atoms with E-state index in [0.717, 1.165) is 6.07 Å². The van der Waals surface area contributed by atoms with E-state index in [0.29, 0.717) is 0 Å². The summed E-state index contributed by atoms with van der Waals surface area (Å²) in [4.78, 5) is 36.8. The highest BCUT2D eigenvalue weighted by atomic mass is 16.6. The average molecular weight is 366 g/mol. The van der Waals surface area contributed by atoms with Crippen LogP contribution in [0.25, 0.3) is 0 Å². The molecule has 0 bridgehead atoms. The Labute approximate surface area is 150 Å². The van der Waals surface area contributed by atoms with Crippen LogP contribution in [0.5, 0.6) is 0 Å². The van der Waals surface area contributed by atoms with Crippen molar-refractivity contribution >= 4 is 23.6 Å². The fourth-order valence-corrected chi connectivity index (χ4v) is 1.86. The predicted molar refractivity (Wildman–Crippen MR) is 94.5 cm³/mol. The third kappa shape index (κ3) is 6.75. The lowest BCUT2D eigenvalue weighted by Gasteiger charge is -2.19. The van der Waals surface area contributed by atoms with Crippen LogP contribution in [-0.2, 0) is 4.74 Å². The van der Waals surface area contributed by atoms with Gasteiger partial charge < -0.3 is 20.5 Å². The van der Waals surface area contributed by atoms with E-state index in [-0.39, 0.29) is 30.2 Å². The molecule has 0 atom stereocenters. The summed E-state index contributed by atoms with van der Waals surface area (Å²) in [6, 6.07) is 0.973. The fraction of sp³-hybridized carbons (Fsp3) is 0.438. The van der Waals surface area contributed by atoms with Crippen molar-refractivity contribution in [2.45, 2.75) is 33.3 Å². The molecule has 0 aliphatic rings. The molecule has 0 saturated carbocycles. The first-order valence-corrected chi connectivity index (χ1v) is 7.76. The van der Waals surface area contributed by atoms with Gasteiger partial charge in [-0.05, 0) is 27.7 Å². The summed E-state index contributed by atoms with van der Waals surface area (Å²) in [7, 11) is 0. The molecule has 0 aliphatic heterocycles. The maximum atomic E-state index is 11.4. The molecular formula is C16H22N4O6. The number of hydrogen-bond donors (Lipinski definition) is 3. The molecule has 0 unspecified atom stereocenters. The Bertz CT molecular complexity index is 724. The van der Waals surface area contributed by atoms with E-state index in [1.807, 2.05) is 0 Å². The van der Waals surface area contributed by atoms with Crippen molar-refractivity contribution in [3.63, 3.8) is 0 Å². The third-order valence-corrected chi connectivity index (χ3v) is 2.94. The summed E-state index contributed by atoms with van der Waals surface area (Å²) in [6.45, 7) is 7.15. The monoisotopic (exact) mass is 366 g/mol. The number of ether oxygens (including phenoxy) is 1. The minimum Gasteiger partial charge on any atom is -0.478 e. The Morgan fingerprint density at radius 2 is 1.96 bits per heavy atom. The third-order valence-electron chi connectivity index (χ3n) is 2.94. The van der Waals surface area contributed by atoms with E-state index in [4.69, 9.17) is 9.84 Å². The smallest absolute Gasteiger partial charge is 0.407 e. The van der Waals surface area contributed by atoms with E-state index in [1.54, 1.807) is 32.9 Å². The number of aromatic nitrogens is 1. The van der Waals surface area contributed by atoms with Gasteiger partial charge in [0, 0.05) is 19.2 Å². The van der Waals surface area contributed by atoms with Crippen LogP contribution in [0, 0.1) is 17.0 Å². The molecule has 0 fully saturated rings. The number of rotatable bonds is 7. The van der Waals surface area contributed by atoms with Crippen molar-refractivity contribution in [2.75, 3.05) is 18.4 Å². The molecule has 1 amide bonds. The van der Waals surface area contributed by atoms with Gasteiger partial charge in [0.15, 0.2) is 0 Å². The number of hydrogen-bond acceptors (Lipinski definition) is 7. The molecule has 0 spiro atoms. The first kappa shape index (κ1) is 20.9. The number of pyridine rings is 1. The van der Waals surface area contributed by atoms with Crippen LogP contribution in [0.15, 0.2) is 18.2 Å². The Kier molecular flexibility index (Phi) is 7.06. The molecule has 0 aliphatic carbocycles. The number of carbonyl (C=O) groups is 2. The number of alkyl carbamates (subject to hydrolysis) is 1. The van der Waals surface area contributed by atoms with Gasteiger partial charge in [0.2, 0.25) is 5.82 Å². The Hall–Kier alpha value is -3.17. The number of carbonyl (C=O) groups excluding carboxylic acids is 1. The van der Waals surface area contributed by atoms with E-state index in [1.165, 1.54) is 6.92 Å². The van der Waals surface area contributed by atoms with Crippen LogP contribution in [0.2, 0.25) is 0 Å². The predicted octanol–water partition coefficient (Wildman–Crippen LogP) is 2.49. The van der Waals surface area contributed by atoms with Gasteiger partial charge >= 0.3 is 17.7 Å². The van der Waals surface area contributed by atoms with Gasteiger partial charge in [0.1, 0.15) is 5.60 Å². The normalized spacial score (nSPS) is 11.2. The zero-order chi connectivity index (χ0) is 19.9. The van der Waals surface area contributed by atoms with E-state index < -0.39 is 28.3 Å². The number of carboxylic acids is 1. The van der Waals surface area contributed by atoms with Gasteiger partial charge in [-0.25, -0.2) is 14.6 Å². The number of aryl methyl sites for hydroxylation is 1. The SMILES string of the molecule is Cc1nc(NC/C=C/CNC(=O)OC(C)(C)C)c([N+](=O)[O-])cc1C(=O)O. The number of amides is 1. The van der Waals surface area contributed by atoms with Gasteiger partial charge in [-0.1, -0.05) is 12.2 Å². The van der Waals surface area contributed by atoms with Gasteiger partial charge in [-0.3, -0.25) is 10.1 Å². The van der Waals surface area contributed by atoms with Crippen LogP contribution in [-0.4, -0.2) is 45.8 Å². The Morgan fingerprint density at radius 3 is 2.50 bits per heavy atom. The highest BCUT2D eigenvalue weighted by Gasteiger charge is 2.21. The lowest BCUT2D eigenvalue weighted by Crippen LogP contribution is -2.32. The van der Waals surface area contributed by atoms with Crippen molar-refractivity contribution in [2.24, 2.45) is 0 Å². The highest BCUT2D eigenvalue weighted by Crippen LogP contribution is 2.25. The first-order valence-electron chi connectivity index (χ1n) is 7.76. The molecule has 26 heavy (non-hydrogen) atoms. The topological polar surface area (TPSA) is 144 Å². The summed E-state index contributed by atoms with van der Waals surface area (Å²) in [6.07, 6.45) is 2.73. The summed E-state index contributed by atoms with van der Waals surface area (Å²) >= 11 is 0. The lowest BCUT2D eigenvalue weighted by molar-refractivity contribution is -0.384. The molecule has 1 rings (SSSR count). The molecule has 10 nitrogen and oxygen atoms in total. The molecule has 10 heteroatoms. The Balaban J connectivity index is 2.62. The molecule has 1 heterocycles. The quantitative estimate of drug-likeness (QED) is 0.379. The molecule has 1 aromatic heterocycles. The average Bonchev–Trinajstić information content (AvgIpc) is 2.48. The maximum absolute atomic E-state index is 11.4. The van der Waals surface area contributed by atoms with Gasteiger partial charge in [0.05, 0.1) is 16.2 Å². The lowest BCUT2D eigenvalue weighted by atomic mass is 10.2. The van der Waals surface area contributed by atoms with E-state index >= 15 is 0 Å². The zero-order valence-electron chi connectivity index (χ0n) is 15.0. The van der Waals surface area contributed by atoms with Crippen molar-refractivity contribution in [3.05, 3.63) is 39.6 Å². The van der Waals surface area contributed by atoms with Crippen LogP contribution in [0.4, 0.5) is 16.3 Å². The molecule has 3 N–H and O–H groups in total. The first-order chi connectivity index (χ1) is 12.0. The van der Waals surface area contributed by atoms with Crippen molar-refractivity contribution in [1.82, 2.24) is 10.3 Å². The van der Waals surface area contributed by atoms with Crippen molar-refractivity contribution < 1.29 is 24.4 Å². The number of nitrogens with zero attached hydrogens (tertiary/aromatic N) is 2. The minimum absolute atomic E-state index is 0.0257. The number of anilines is 1. The van der Waals surface area contributed by atoms with E-state index in [2.05, 4.69) is 15.6 Å². The zero-order valence-corrected chi connectivity index (χ0v) is 15.0. The van der Waals surface area contributed by atoms with Gasteiger partial charge in [0.25, 0.3) is 0 Å². The van der Waals surface area contributed by atoms with Crippen LogP contribution >= 0.6 is 0 Å². The summed E-state index contributed by atoms with van der Waals surface area (Å²) < 4.78 is 5.07. The fourth-order valence-electron chi connectivity index (χ4n) is 1.86. The molecule has 0 saturated heterocycles. The molecule has 0 aromatic carbocycles. The number of carboxylic acid groups (broad SMARTS) is 1. The summed E-state index contributed by atoms with van der Waals surface area (Å²) in [5.74, 6) is -1.31. The molecular weight excluding hydrogens is 344 g/mol. The minimum atomic E-state index is -1.28. The number of aromatic carboxylic acids is 1. The number of nitro groups is 1. The van der Waals surface area contributed by atoms with E-state index in [9.17, 15) is 19.7 Å². The van der Waals surface area contributed by atoms with Gasteiger partial charge in [-0.2, -0.15) is 0 Å². The van der Waals surface area contributed by atoms with Gasteiger partial charge in [-0.15, -0.1) is 0 Å². The molecule has 1 aromatic rings. The van der Waals surface area contributed by atoms with Crippen LogP contribution in [0.3, 0.4) is 0 Å². The largest absolute Gasteiger partial charge is 0.478 e.